The Kier molecular flexibility index (Phi) is 4.39. The van der Waals surface area contributed by atoms with Crippen LogP contribution in [-0.2, 0) is 12.8 Å². The Balaban J connectivity index is 1.28. The first-order chi connectivity index (χ1) is 11.8. The number of benzene rings is 2. The standard InChI is InChI=1S/C20H24FN3/c21-18-2-4-19(5-3-18)24-13-11-23(12-14-24)10-8-16-1-6-20-17(15-16)7-9-22-20/h1-6,15,22H,7-14H2. The van der Waals surface area contributed by atoms with Gasteiger partial charge in [-0.3, -0.25) is 4.90 Å². The van der Waals surface area contributed by atoms with E-state index in [2.05, 4.69) is 33.3 Å². The van der Waals surface area contributed by atoms with Crippen molar-refractivity contribution in [3.63, 3.8) is 0 Å². The van der Waals surface area contributed by atoms with Crippen LogP contribution in [0.25, 0.3) is 0 Å². The summed E-state index contributed by atoms with van der Waals surface area (Å²) in [4.78, 5) is 4.88. The summed E-state index contributed by atoms with van der Waals surface area (Å²) in [6.07, 6.45) is 2.27. The van der Waals surface area contributed by atoms with Gasteiger partial charge in [0, 0.05) is 50.6 Å². The van der Waals surface area contributed by atoms with Gasteiger partial charge in [0.1, 0.15) is 5.82 Å². The number of anilines is 2. The highest BCUT2D eigenvalue weighted by molar-refractivity contribution is 5.56. The molecular weight excluding hydrogens is 301 g/mol. The van der Waals surface area contributed by atoms with Gasteiger partial charge in [-0.05, 0) is 54.3 Å². The predicted molar refractivity (Wildman–Crippen MR) is 97.4 cm³/mol. The van der Waals surface area contributed by atoms with Crippen molar-refractivity contribution in [1.82, 2.24) is 4.90 Å². The Bertz CT molecular complexity index is 691. The van der Waals surface area contributed by atoms with Crippen molar-refractivity contribution in [3.8, 4) is 0 Å². The van der Waals surface area contributed by atoms with E-state index in [9.17, 15) is 4.39 Å². The highest BCUT2D eigenvalue weighted by atomic mass is 19.1. The molecule has 126 valence electrons. The van der Waals surface area contributed by atoms with Crippen LogP contribution in [0.2, 0.25) is 0 Å². The third-order valence-electron chi connectivity index (χ3n) is 5.16. The van der Waals surface area contributed by atoms with Crippen molar-refractivity contribution in [3.05, 3.63) is 59.4 Å². The third kappa shape index (κ3) is 3.39. The van der Waals surface area contributed by atoms with Crippen molar-refractivity contribution in [1.29, 1.82) is 0 Å². The van der Waals surface area contributed by atoms with Crippen LogP contribution >= 0.6 is 0 Å². The Hall–Kier alpha value is -2.07. The second-order valence-corrected chi connectivity index (χ2v) is 6.72. The zero-order valence-corrected chi connectivity index (χ0v) is 14.0. The van der Waals surface area contributed by atoms with Crippen LogP contribution in [-0.4, -0.2) is 44.2 Å². The van der Waals surface area contributed by atoms with Crippen LogP contribution in [0, 0.1) is 5.82 Å². The normalized spacial score (nSPS) is 17.6. The van der Waals surface area contributed by atoms with Crippen LogP contribution in [0.5, 0.6) is 0 Å². The molecule has 0 atom stereocenters. The zero-order valence-electron chi connectivity index (χ0n) is 14.0. The molecule has 2 aliphatic rings. The van der Waals surface area contributed by atoms with Gasteiger partial charge in [-0.25, -0.2) is 4.39 Å². The zero-order chi connectivity index (χ0) is 16.4. The van der Waals surface area contributed by atoms with Crippen molar-refractivity contribution in [2.24, 2.45) is 0 Å². The minimum absolute atomic E-state index is 0.165. The minimum Gasteiger partial charge on any atom is -0.384 e. The summed E-state index contributed by atoms with van der Waals surface area (Å²) < 4.78 is 13.0. The molecule has 2 heterocycles. The van der Waals surface area contributed by atoms with Crippen molar-refractivity contribution in [2.45, 2.75) is 12.8 Å². The Morgan fingerprint density at radius 3 is 2.54 bits per heavy atom. The number of fused-ring (bicyclic) bond motifs is 1. The van der Waals surface area contributed by atoms with Gasteiger partial charge in [0.05, 0.1) is 0 Å². The second-order valence-electron chi connectivity index (χ2n) is 6.72. The number of rotatable bonds is 4. The molecule has 0 saturated carbocycles. The first-order valence-corrected chi connectivity index (χ1v) is 8.86. The molecule has 4 heteroatoms. The molecule has 0 spiro atoms. The van der Waals surface area contributed by atoms with E-state index in [0.29, 0.717) is 0 Å². The summed E-state index contributed by atoms with van der Waals surface area (Å²) in [5.41, 5.74) is 5.35. The van der Waals surface area contributed by atoms with E-state index < -0.39 is 0 Å². The summed E-state index contributed by atoms with van der Waals surface area (Å²) in [5.74, 6) is -0.165. The van der Waals surface area contributed by atoms with E-state index >= 15 is 0 Å². The largest absolute Gasteiger partial charge is 0.384 e. The number of nitrogens with zero attached hydrogens (tertiary/aromatic N) is 2. The molecule has 1 fully saturated rings. The minimum atomic E-state index is -0.165. The van der Waals surface area contributed by atoms with Gasteiger partial charge in [-0.2, -0.15) is 0 Å². The molecular formula is C20H24FN3. The van der Waals surface area contributed by atoms with Gasteiger partial charge in [0.25, 0.3) is 0 Å². The molecule has 2 aromatic rings. The number of piperazine rings is 1. The molecule has 0 aliphatic carbocycles. The molecule has 0 radical (unpaired) electrons. The van der Waals surface area contributed by atoms with Crippen LogP contribution < -0.4 is 10.2 Å². The number of hydrogen-bond donors (Lipinski definition) is 1. The van der Waals surface area contributed by atoms with Gasteiger partial charge < -0.3 is 10.2 Å². The highest BCUT2D eigenvalue weighted by Crippen LogP contribution is 2.23. The second kappa shape index (κ2) is 6.81. The lowest BCUT2D eigenvalue weighted by atomic mass is 10.1. The number of hydrogen-bond acceptors (Lipinski definition) is 3. The predicted octanol–water partition coefficient (Wildman–Crippen LogP) is 3.16. The Labute approximate surface area is 143 Å². The lowest BCUT2D eigenvalue weighted by Gasteiger charge is -2.36. The maximum absolute atomic E-state index is 13.0. The lowest BCUT2D eigenvalue weighted by molar-refractivity contribution is 0.261. The average molecular weight is 325 g/mol. The van der Waals surface area contributed by atoms with Crippen LogP contribution in [0.4, 0.5) is 15.8 Å². The fraction of sp³-hybridized carbons (Fsp3) is 0.400. The SMILES string of the molecule is Fc1ccc(N2CCN(CCc3ccc4c(c3)CCN4)CC2)cc1. The fourth-order valence-electron chi connectivity index (χ4n) is 3.68. The van der Waals surface area contributed by atoms with E-state index in [0.717, 1.165) is 57.8 Å². The van der Waals surface area contributed by atoms with Crippen LogP contribution in [0.3, 0.4) is 0 Å². The number of nitrogens with one attached hydrogen (secondary N) is 1. The maximum atomic E-state index is 13.0. The van der Waals surface area contributed by atoms with E-state index in [1.807, 2.05) is 12.1 Å². The van der Waals surface area contributed by atoms with Gasteiger partial charge >= 0.3 is 0 Å². The summed E-state index contributed by atoms with van der Waals surface area (Å²) in [5, 5.41) is 3.42. The van der Waals surface area contributed by atoms with Crippen LogP contribution in [0.1, 0.15) is 11.1 Å². The molecule has 1 N–H and O–H groups in total. The quantitative estimate of drug-likeness (QED) is 0.931. The van der Waals surface area contributed by atoms with Crippen molar-refractivity contribution in [2.75, 3.05) is 49.5 Å². The molecule has 1 saturated heterocycles. The van der Waals surface area contributed by atoms with Gasteiger partial charge in [-0.1, -0.05) is 12.1 Å². The first-order valence-electron chi connectivity index (χ1n) is 8.86. The molecule has 0 bridgehead atoms. The summed E-state index contributed by atoms with van der Waals surface area (Å²) in [6, 6.07) is 13.7. The van der Waals surface area contributed by atoms with Gasteiger partial charge in [0.15, 0.2) is 0 Å². The third-order valence-corrected chi connectivity index (χ3v) is 5.16. The average Bonchev–Trinajstić information content (AvgIpc) is 3.09. The van der Waals surface area contributed by atoms with Crippen LogP contribution in [0.15, 0.2) is 42.5 Å². The van der Waals surface area contributed by atoms with E-state index in [4.69, 9.17) is 0 Å². The van der Waals surface area contributed by atoms with E-state index in [1.165, 1.54) is 16.8 Å². The Morgan fingerprint density at radius 2 is 1.75 bits per heavy atom. The summed E-state index contributed by atoms with van der Waals surface area (Å²) in [7, 11) is 0. The molecule has 24 heavy (non-hydrogen) atoms. The molecule has 2 aromatic carbocycles. The molecule has 0 unspecified atom stereocenters. The van der Waals surface area contributed by atoms with Crippen molar-refractivity contribution >= 4 is 11.4 Å². The summed E-state index contributed by atoms with van der Waals surface area (Å²) in [6.45, 7) is 6.36. The molecule has 0 amide bonds. The molecule has 0 aromatic heterocycles. The lowest BCUT2D eigenvalue weighted by Crippen LogP contribution is -2.47. The highest BCUT2D eigenvalue weighted by Gasteiger charge is 2.17. The van der Waals surface area contributed by atoms with Gasteiger partial charge in [0.2, 0.25) is 0 Å². The van der Waals surface area contributed by atoms with E-state index in [1.54, 1.807) is 12.1 Å². The fourth-order valence-corrected chi connectivity index (χ4v) is 3.68. The topological polar surface area (TPSA) is 18.5 Å². The maximum Gasteiger partial charge on any atom is 0.123 e. The molecule has 3 nitrogen and oxygen atoms in total. The van der Waals surface area contributed by atoms with Crippen molar-refractivity contribution < 1.29 is 4.39 Å². The van der Waals surface area contributed by atoms with Gasteiger partial charge in [-0.15, -0.1) is 0 Å². The Morgan fingerprint density at radius 1 is 0.958 bits per heavy atom. The summed E-state index contributed by atoms with van der Waals surface area (Å²) >= 11 is 0. The monoisotopic (exact) mass is 325 g/mol. The van der Waals surface area contributed by atoms with E-state index in [-0.39, 0.29) is 5.82 Å². The molecule has 2 aliphatic heterocycles. The number of halogens is 1. The first kappa shape index (κ1) is 15.5. The smallest absolute Gasteiger partial charge is 0.123 e. The molecule has 4 rings (SSSR count).